The number of hydrogen-bond donors (Lipinski definition) is 1. The molecule has 2 N–H and O–H groups in total. The minimum absolute atomic E-state index is 0.396. The number of rotatable bonds is 2. The smallest absolute Gasteiger partial charge is 0.143 e. The van der Waals surface area contributed by atoms with Crippen molar-refractivity contribution in [3.05, 3.63) is 17.7 Å². The van der Waals surface area contributed by atoms with Gasteiger partial charge in [0.25, 0.3) is 0 Å². The van der Waals surface area contributed by atoms with E-state index in [1.54, 1.807) is 7.11 Å². The normalized spacial score (nSPS) is 19.5. The fourth-order valence-electron chi connectivity index (χ4n) is 2.03. The van der Waals surface area contributed by atoms with Gasteiger partial charge in [0.15, 0.2) is 0 Å². The maximum atomic E-state index is 5.78. The van der Waals surface area contributed by atoms with E-state index in [4.69, 9.17) is 10.5 Å². The molecule has 88 valence electrons. The first-order chi connectivity index (χ1) is 7.69. The molecule has 0 spiro atoms. The second-order valence-corrected chi connectivity index (χ2v) is 5.10. The van der Waals surface area contributed by atoms with E-state index in [0.29, 0.717) is 12.6 Å². The van der Waals surface area contributed by atoms with Crippen molar-refractivity contribution in [1.29, 1.82) is 0 Å². The molecule has 0 saturated carbocycles. The Morgan fingerprint density at radius 1 is 1.56 bits per heavy atom. The molecule has 0 aromatic heterocycles. The number of aryl methyl sites for hydroxylation is 1. The van der Waals surface area contributed by atoms with E-state index in [9.17, 15) is 0 Å². The zero-order valence-corrected chi connectivity index (χ0v) is 10.8. The van der Waals surface area contributed by atoms with Crippen LogP contribution in [-0.2, 0) is 0 Å². The molecule has 0 amide bonds. The van der Waals surface area contributed by atoms with Crippen molar-refractivity contribution in [1.82, 2.24) is 0 Å². The molecule has 4 heteroatoms. The lowest BCUT2D eigenvalue weighted by Crippen LogP contribution is -2.42. The minimum atomic E-state index is 0.396. The molecule has 1 unspecified atom stereocenters. The third kappa shape index (κ3) is 1.76. The molecule has 1 aromatic carbocycles. The number of nitrogens with two attached hydrogens (primary N) is 1. The second-order valence-electron chi connectivity index (χ2n) is 4.07. The number of likely N-dealkylation sites (N-methyl/N-ethyl adjacent to an activating group) is 1. The molecule has 1 aromatic rings. The summed E-state index contributed by atoms with van der Waals surface area (Å²) in [6.45, 7) is 2.82. The first-order valence-corrected chi connectivity index (χ1v) is 6.41. The van der Waals surface area contributed by atoms with Crippen molar-refractivity contribution in [3.8, 4) is 5.75 Å². The number of benzene rings is 1. The molecular formula is C12H18N2OS. The highest BCUT2D eigenvalue weighted by atomic mass is 32.2. The Hall–Kier alpha value is -0.870. The summed E-state index contributed by atoms with van der Waals surface area (Å²) in [5.41, 5.74) is 8.28. The first kappa shape index (κ1) is 11.6. The van der Waals surface area contributed by atoms with Gasteiger partial charge < -0.3 is 15.4 Å². The molecule has 1 atom stereocenters. The number of thioether (sulfide) groups is 1. The fourth-order valence-corrected chi connectivity index (χ4v) is 3.43. The number of nitrogens with zero attached hydrogens (tertiary/aromatic N) is 1. The zero-order chi connectivity index (χ0) is 11.7. The first-order valence-electron chi connectivity index (χ1n) is 5.42. The second kappa shape index (κ2) is 4.55. The Labute approximate surface area is 101 Å². The van der Waals surface area contributed by atoms with Crippen LogP contribution < -0.4 is 15.4 Å². The predicted molar refractivity (Wildman–Crippen MR) is 69.7 cm³/mol. The van der Waals surface area contributed by atoms with Crippen LogP contribution >= 0.6 is 11.8 Å². The maximum absolute atomic E-state index is 5.78. The largest absolute Gasteiger partial charge is 0.495 e. The van der Waals surface area contributed by atoms with Crippen molar-refractivity contribution in [2.45, 2.75) is 17.9 Å². The van der Waals surface area contributed by atoms with E-state index >= 15 is 0 Å². The average molecular weight is 238 g/mol. The lowest BCUT2D eigenvalue weighted by Gasteiger charge is -2.36. The average Bonchev–Trinajstić information content (AvgIpc) is 2.31. The molecule has 1 heterocycles. The molecule has 3 nitrogen and oxygen atoms in total. The molecule has 0 aliphatic carbocycles. The van der Waals surface area contributed by atoms with E-state index in [0.717, 1.165) is 11.5 Å². The quantitative estimate of drug-likeness (QED) is 0.853. The summed E-state index contributed by atoms with van der Waals surface area (Å²) >= 11 is 1.88. The lowest BCUT2D eigenvalue weighted by molar-refractivity contribution is 0.412. The molecular weight excluding hydrogens is 220 g/mol. The topological polar surface area (TPSA) is 38.5 Å². The van der Waals surface area contributed by atoms with Gasteiger partial charge in [-0.05, 0) is 18.6 Å². The molecule has 0 fully saturated rings. The summed E-state index contributed by atoms with van der Waals surface area (Å²) in [5.74, 6) is 1.99. The van der Waals surface area contributed by atoms with Gasteiger partial charge in [0.1, 0.15) is 5.75 Å². The maximum Gasteiger partial charge on any atom is 0.143 e. The third-order valence-corrected chi connectivity index (χ3v) is 4.46. The minimum Gasteiger partial charge on any atom is -0.495 e. The molecule has 0 bridgehead atoms. The number of anilines is 1. The van der Waals surface area contributed by atoms with Crippen LogP contribution in [0.4, 0.5) is 5.69 Å². The van der Waals surface area contributed by atoms with E-state index in [1.807, 2.05) is 17.8 Å². The molecule has 16 heavy (non-hydrogen) atoms. The highest BCUT2D eigenvalue weighted by molar-refractivity contribution is 7.99. The van der Waals surface area contributed by atoms with Gasteiger partial charge in [-0.2, -0.15) is 0 Å². The summed E-state index contributed by atoms with van der Waals surface area (Å²) < 4.78 is 5.44. The Balaban J connectivity index is 2.51. The number of hydrogen-bond acceptors (Lipinski definition) is 4. The van der Waals surface area contributed by atoms with Gasteiger partial charge in [0.2, 0.25) is 0 Å². The SMILES string of the molecule is COc1ccc(C)c2c1N(C)C(CN)CS2. The molecule has 0 saturated heterocycles. The van der Waals surface area contributed by atoms with Crippen molar-refractivity contribution in [2.24, 2.45) is 5.73 Å². The fraction of sp³-hybridized carbons (Fsp3) is 0.500. The van der Waals surface area contributed by atoms with Crippen molar-refractivity contribution in [3.63, 3.8) is 0 Å². The van der Waals surface area contributed by atoms with Crippen LogP contribution in [0.1, 0.15) is 5.56 Å². The Morgan fingerprint density at radius 2 is 2.31 bits per heavy atom. The summed E-state index contributed by atoms with van der Waals surface area (Å²) in [7, 11) is 3.81. The predicted octanol–water partition coefficient (Wildman–Crippen LogP) is 1.87. The molecule has 1 aliphatic heterocycles. The van der Waals surface area contributed by atoms with Crippen LogP contribution in [0.5, 0.6) is 5.75 Å². The van der Waals surface area contributed by atoms with Crippen LogP contribution in [0.3, 0.4) is 0 Å². The highest BCUT2D eigenvalue weighted by Crippen LogP contribution is 2.44. The van der Waals surface area contributed by atoms with Gasteiger partial charge >= 0.3 is 0 Å². The summed E-state index contributed by atoms with van der Waals surface area (Å²) in [5, 5.41) is 0. The van der Waals surface area contributed by atoms with Crippen LogP contribution in [0.2, 0.25) is 0 Å². The summed E-state index contributed by atoms with van der Waals surface area (Å²) in [6, 6.07) is 4.54. The van der Waals surface area contributed by atoms with Gasteiger partial charge in [-0.15, -0.1) is 11.8 Å². The van der Waals surface area contributed by atoms with Gasteiger partial charge in [-0.1, -0.05) is 6.07 Å². The lowest BCUT2D eigenvalue weighted by atomic mass is 10.1. The van der Waals surface area contributed by atoms with Crippen molar-refractivity contribution >= 4 is 17.4 Å². The Bertz CT molecular complexity index is 395. The summed E-state index contributed by atoms with van der Waals surface area (Å²) in [4.78, 5) is 3.57. The van der Waals surface area contributed by atoms with Crippen LogP contribution in [-0.4, -0.2) is 32.5 Å². The Morgan fingerprint density at radius 3 is 2.94 bits per heavy atom. The van der Waals surface area contributed by atoms with Gasteiger partial charge in [0.05, 0.1) is 18.8 Å². The highest BCUT2D eigenvalue weighted by Gasteiger charge is 2.26. The Kier molecular flexibility index (Phi) is 3.30. The van der Waals surface area contributed by atoms with Crippen molar-refractivity contribution in [2.75, 3.05) is 31.4 Å². The molecule has 0 radical (unpaired) electrons. The van der Waals surface area contributed by atoms with E-state index in [2.05, 4.69) is 24.9 Å². The third-order valence-electron chi connectivity index (χ3n) is 3.10. The van der Waals surface area contributed by atoms with Crippen LogP contribution in [0, 0.1) is 6.92 Å². The monoisotopic (exact) mass is 238 g/mol. The number of ether oxygens (including phenoxy) is 1. The molecule has 2 rings (SSSR count). The van der Waals surface area contributed by atoms with Gasteiger partial charge in [-0.3, -0.25) is 0 Å². The standard InChI is InChI=1S/C12H18N2OS/c1-8-4-5-10(15-3)11-12(8)16-7-9(6-13)14(11)2/h4-5,9H,6-7,13H2,1-3H3. The summed E-state index contributed by atoms with van der Waals surface area (Å²) in [6.07, 6.45) is 0. The molecule has 1 aliphatic rings. The zero-order valence-electron chi connectivity index (χ0n) is 9.99. The van der Waals surface area contributed by atoms with E-state index in [-0.39, 0.29) is 0 Å². The van der Waals surface area contributed by atoms with Crippen molar-refractivity contribution < 1.29 is 4.74 Å². The van der Waals surface area contributed by atoms with Gasteiger partial charge in [-0.25, -0.2) is 0 Å². The van der Waals surface area contributed by atoms with Crippen LogP contribution in [0.15, 0.2) is 17.0 Å². The van der Waals surface area contributed by atoms with Gasteiger partial charge in [0, 0.05) is 24.2 Å². The van der Waals surface area contributed by atoms with Crippen LogP contribution in [0.25, 0.3) is 0 Å². The van der Waals surface area contributed by atoms with E-state index in [1.165, 1.54) is 16.1 Å². The number of methoxy groups -OCH3 is 1. The number of fused-ring (bicyclic) bond motifs is 1. The van der Waals surface area contributed by atoms with E-state index < -0.39 is 0 Å².